The molecule has 0 radical (unpaired) electrons. The van der Waals surface area contributed by atoms with Crippen LogP contribution in [0.25, 0.3) is 0 Å². The number of rotatable bonds is 1. The van der Waals surface area contributed by atoms with Gasteiger partial charge in [-0.2, -0.15) is 0 Å². The van der Waals surface area contributed by atoms with Gasteiger partial charge in [0, 0.05) is 12.8 Å². The molecule has 1 rings (SSSR count). The Bertz CT molecular complexity index is 260. The van der Waals surface area contributed by atoms with Gasteiger partial charge in [0.2, 0.25) is 11.8 Å². The molecule has 0 amide bonds. The first-order valence-corrected chi connectivity index (χ1v) is 4.21. The van der Waals surface area contributed by atoms with Crippen LogP contribution in [0.3, 0.4) is 0 Å². The molecule has 0 bridgehead atoms. The fourth-order valence-electron chi connectivity index (χ4n) is 0.857. The highest BCUT2D eigenvalue weighted by Gasteiger charge is 2.25. The minimum absolute atomic E-state index is 0.180. The Morgan fingerprint density at radius 3 is 2.17 bits per heavy atom. The van der Waals surface area contributed by atoms with Crippen LogP contribution in [-0.4, -0.2) is 10.2 Å². The first-order chi connectivity index (χ1) is 5.41. The molecule has 0 saturated heterocycles. The summed E-state index contributed by atoms with van der Waals surface area (Å²) in [4.78, 5) is 0. The van der Waals surface area contributed by atoms with E-state index in [1.54, 1.807) is 0 Å². The molecule has 3 nitrogen and oxygen atoms in total. The largest absolute Gasteiger partial charge is 0.425 e. The van der Waals surface area contributed by atoms with Crippen molar-refractivity contribution < 1.29 is 4.42 Å². The van der Waals surface area contributed by atoms with E-state index in [-0.39, 0.29) is 5.41 Å². The van der Waals surface area contributed by atoms with Gasteiger partial charge in [-0.25, -0.2) is 0 Å². The highest BCUT2D eigenvalue weighted by atomic mass is 16.4. The summed E-state index contributed by atoms with van der Waals surface area (Å²) in [6.07, 6.45) is 0. The molecule has 1 unspecified atom stereocenters. The van der Waals surface area contributed by atoms with Crippen LogP contribution in [0.2, 0.25) is 0 Å². The Hall–Kier alpha value is -0.860. The molecule has 68 valence electrons. The highest BCUT2D eigenvalue weighted by molar-refractivity contribution is 4.94. The number of hydrogen-bond acceptors (Lipinski definition) is 3. The summed E-state index contributed by atoms with van der Waals surface area (Å²) in [7, 11) is 0. The normalized spacial score (nSPS) is 14.8. The van der Waals surface area contributed by atoms with Gasteiger partial charge in [0.1, 0.15) is 0 Å². The van der Waals surface area contributed by atoms with Crippen molar-refractivity contribution in [2.75, 3.05) is 0 Å². The zero-order chi connectivity index (χ0) is 9.35. The van der Waals surface area contributed by atoms with E-state index in [2.05, 4.69) is 37.9 Å². The van der Waals surface area contributed by atoms with E-state index in [9.17, 15) is 0 Å². The molecule has 0 saturated carbocycles. The highest BCUT2D eigenvalue weighted by Crippen LogP contribution is 2.33. The van der Waals surface area contributed by atoms with Crippen molar-refractivity contribution in [1.82, 2.24) is 10.2 Å². The lowest BCUT2D eigenvalue weighted by Crippen LogP contribution is -2.15. The maximum absolute atomic E-state index is 5.35. The monoisotopic (exact) mass is 168 g/mol. The molecule has 0 aliphatic rings. The molecule has 1 aromatic rings. The summed E-state index contributed by atoms with van der Waals surface area (Å²) in [6.45, 7) is 10.4. The van der Waals surface area contributed by atoms with Gasteiger partial charge in [-0.3, -0.25) is 0 Å². The zero-order valence-electron chi connectivity index (χ0n) is 8.38. The van der Waals surface area contributed by atoms with Crippen molar-refractivity contribution >= 4 is 0 Å². The average molecular weight is 168 g/mol. The van der Waals surface area contributed by atoms with Crippen molar-refractivity contribution in [1.29, 1.82) is 0 Å². The second-order valence-electron chi connectivity index (χ2n) is 4.25. The summed E-state index contributed by atoms with van der Waals surface area (Å²) in [5.74, 6) is 1.68. The fraction of sp³-hybridized carbons (Fsp3) is 0.778. The Morgan fingerprint density at radius 1 is 1.25 bits per heavy atom. The van der Waals surface area contributed by atoms with Crippen molar-refractivity contribution in [3.05, 3.63) is 11.8 Å². The molecule has 0 N–H and O–H groups in total. The van der Waals surface area contributed by atoms with E-state index in [1.165, 1.54) is 0 Å². The third-order valence-electron chi connectivity index (χ3n) is 2.21. The second-order valence-corrected chi connectivity index (χ2v) is 4.25. The minimum Gasteiger partial charge on any atom is -0.425 e. The predicted molar refractivity (Wildman–Crippen MR) is 46.9 cm³/mol. The van der Waals surface area contributed by atoms with Gasteiger partial charge < -0.3 is 4.42 Å². The standard InChI is InChI=1S/C9H16N2O/c1-6(9(3,4)5)8-11-10-7(2)12-8/h6H,1-5H3. The molecule has 0 spiro atoms. The van der Waals surface area contributed by atoms with Crippen molar-refractivity contribution in [3.63, 3.8) is 0 Å². The van der Waals surface area contributed by atoms with Crippen molar-refractivity contribution in [2.24, 2.45) is 5.41 Å². The summed E-state index contributed by atoms with van der Waals surface area (Å²) in [5.41, 5.74) is 0.180. The summed E-state index contributed by atoms with van der Waals surface area (Å²) in [5, 5.41) is 7.80. The van der Waals surface area contributed by atoms with Crippen molar-refractivity contribution in [2.45, 2.75) is 40.5 Å². The van der Waals surface area contributed by atoms with Crippen LogP contribution < -0.4 is 0 Å². The van der Waals surface area contributed by atoms with Crippen LogP contribution in [0.1, 0.15) is 45.4 Å². The molecule has 3 heteroatoms. The molecule has 1 heterocycles. The number of aromatic nitrogens is 2. The third-order valence-corrected chi connectivity index (χ3v) is 2.21. The van der Waals surface area contributed by atoms with Gasteiger partial charge in [-0.05, 0) is 5.41 Å². The Kier molecular flexibility index (Phi) is 2.22. The smallest absolute Gasteiger partial charge is 0.219 e. The maximum atomic E-state index is 5.35. The van der Waals surface area contributed by atoms with Crippen LogP contribution in [0.15, 0.2) is 4.42 Å². The molecule has 12 heavy (non-hydrogen) atoms. The molecule has 0 aliphatic heterocycles. The Labute approximate surface area is 73.2 Å². The van der Waals surface area contributed by atoms with E-state index in [1.807, 2.05) is 6.92 Å². The molecule has 0 aliphatic carbocycles. The zero-order valence-corrected chi connectivity index (χ0v) is 8.38. The molecule has 1 atom stereocenters. The quantitative estimate of drug-likeness (QED) is 0.646. The summed E-state index contributed by atoms with van der Waals surface area (Å²) >= 11 is 0. The van der Waals surface area contributed by atoms with E-state index >= 15 is 0 Å². The molecule has 0 fully saturated rings. The molecule has 0 aromatic carbocycles. The topological polar surface area (TPSA) is 38.9 Å². The lowest BCUT2D eigenvalue weighted by atomic mass is 9.82. The van der Waals surface area contributed by atoms with E-state index in [4.69, 9.17) is 4.42 Å². The lowest BCUT2D eigenvalue weighted by molar-refractivity contribution is 0.285. The first-order valence-electron chi connectivity index (χ1n) is 4.21. The van der Waals surface area contributed by atoms with E-state index in [0.717, 1.165) is 5.89 Å². The molecular formula is C9H16N2O. The summed E-state index contributed by atoms with van der Waals surface area (Å²) < 4.78 is 5.35. The van der Waals surface area contributed by atoms with Crippen molar-refractivity contribution in [3.8, 4) is 0 Å². The lowest BCUT2D eigenvalue weighted by Gasteiger charge is -2.23. The summed E-state index contributed by atoms with van der Waals surface area (Å²) in [6, 6.07) is 0. The number of hydrogen-bond donors (Lipinski definition) is 0. The Balaban J connectivity index is 2.85. The predicted octanol–water partition coefficient (Wildman–Crippen LogP) is 2.53. The molecule has 1 aromatic heterocycles. The van der Waals surface area contributed by atoms with Gasteiger partial charge in [0.25, 0.3) is 0 Å². The van der Waals surface area contributed by atoms with Crippen LogP contribution >= 0.6 is 0 Å². The van der Waals surface area contributed by atoms with Gasteiger partial charge in [0.15, 0.2) is 0 Å². The second kappa shape index (κ2) is 2.88. The van der Waals surface area contributed by atoms with Crippen LogP contribution in [0.4, 0.5) is 0 Å². The van der Waals surface area contributed by atoms with Crippen LogP contribution in [0.5, 0.6) is 0 Å². The van der Waals surface area contributed by atoms with Crippen LogP contribution in [0, 0.1) is 12.3 Å². The van der Waals surface area contributed by atoms with Gasteiger partial charge >= 0.3 is 0 Å². The average Bonchev–Trinajstić information content (AvgIpc) is 2.32. The Morgan fingerprint density at radius 2 is 1.83 bits per heavy atom. The van der Waals surface area contributed by atoms with E-state index < -0.39 is 0 Å². The first kappa shape index (κ1) is 9.23. The third kappa shape index (κ3) is 1.84. The fourth-order valence-corrected chi connectivity index (χ4v) is 0.857. The SMILES string of the molecule is Cc1nnc(C(C)C(C)(C)C)o1. The van der Waals surface area contributed by atoms with Gasteiger partial charge in [0.05, 0.1) is 0 Å². The van der Waals surface area contributed by atoms with E-state index in [0.29, 0.717) is 11.8 Å². The van der Waals surface area contributed by atoms with Gasteiger partial charge in [-0.1, -0.05) is 27.7 Å². The number of nitrogens with zero attached hydrogens (tertiary/aromatic N) is 2. The molecular weight excluding hydrogens is 152 g/mol. The maximum Gasteiger partial charge on any atom is 0.219 e. The number of aryl methyl sites for hydroxylation is 1. The minimum atomic E-state index is 0.180. The van der Waals surface area contributed by atoms with Crippen LogP contribution in [-0.2, 0) is 0 Å². The van der Waals surface area contributed by atoms with Gasteiger partial charge in [-0.15, -0.1) is 10.2 Å².